The Morgan fingerprint density at radius 3 is 2.78 bits per heavy atom. The number of benzene rings is 1. The zero-order chi connectivity index (χ0) is 13.5. The number of ether oxygens (including phenoxy) is 1. The minimum Gasteiger partial charge on any atom is -0.385 e. The molecule has 0 spiro atoms. The molecule has 0 aliphatic rings. The van der Waals surface area contributed by atoms with Crippen molar-refractivity contribution in [3.8, 4) is 0 Å². The highest BCUT2D eigenvalue weighted by molar-refractivity contribution is 6.31. The molecule has 0 aromatic heterocycles. The molecule has 2 N–H and O–H groups in total. The fourth-order valence-corrected chi connectivity index (χ4v) is 2.25. The molecule has 3 nitrogen and oxygen atoms in total. The van der Waals surface area contributed by atoms with Crippen molar-refractivity contribution in [2.75, 3.05) is 33.9 Å². The highest BCUT2D eigenvalue weighted by Gasteiger charge is 2.21. The Labute approximate surface area is 113 Å². The average Bonchev–Trinajstić information content (AvgIpc) is 2.34. The van der Waals surface area contributed by atoms with Crippen LogP contribution < -0.4 is 5.73 Å². The lowest BCUT2D eigenvalue weighted by Crippen LogP contribution is -2.32. The lowest BCUT2D eigenvalue weighted by atomic mass is 10.0. The molecule has 0 saturated carbocycles. The number of halogens is 2. The van der Waals surface area contributed by atoms with E-state index in [4.69, 9.17) is 22.1 Å². The van der Waals surface area contributed by atoms with E-state index in [1.165, 1.54) is 6.07 Å². The first-order chi connectivity index (χ1) is 8.61. The van der Waals surface area contributed by atoms with Crippen LogP contribution in [0.25, 0.3) is 0 Å². The largest absolute Gasteiger partial charge is 0.385 e. The topological polar surface area (TPSA) is 38.5 Å². The molecule has 0 aliphatic heterocycles. The van der Waals surface area contributed by atoms with Crippen LogP contribution in [0.1, 0.15) is 18.0 Å². The van der Waals surface area contributed by atoms with Crippen LogP contribution in [-0.4, -0.2) is 38.8 Å². The van der Waals surface area contributed by atoms with E-state index in [0.29, 0.717) is 23.7 Å². The standard InChI is InChI=1S/C13H20ClFN2O/c1-17(7-4-8-18-2)12(9-16)13-10(14)5-3-6-11(13)15/h3,5-6,12H,4,7-9,16H2,1-2H3. The summed E-state index contributed by atoms with van der Waals surface area (Å²) < 4.78 is 18.8. The zero-order valence-corrected chi connectivity index (χ0v) is 11.6. The van der Waals surface area contributed by atoms with Gasteiger partial charge in [-0.2, -0.15) is 0 Å². The maximum atomic E-state index is 13.8. The minimum absolute atomic E-state index is 0.212. The Balaban J connectivity index is 2.82. The van der Waals surface area contributed by atoms with Gasteiger partial charge in [0.2, 0.25) is 0 Å². The van der Waals surface area contributed by atoms with E-state index in [2.05, 4.69) is 0 Å². The third-order valence-electron chi connectivity index (χ3n) is 2.95. The second-order valence-corrected chi connectivity index (χ2v) is 4.62. The van der Waals surface area contributed by atoms with E-state index in [0.717, 1.165) is 13.0 Å². The molecule has 0 aliphatic carbocycles. The SMILES string of the molecule is COCCCN(C)C(CN)c1c(F)cccc1Cl. The van der Waals surface area contributed by atoms with E-state index >= 15 is 0 Å². The molecule has 0 saturated heterocycles. The van der Waals surface area contributed by atoms with Crippen molar-refractivity contribution in [1.82, 2.24) is 4.90 Å². The van der Waals surface area contributed by atoms with Gasteiger partial charge in [0, 0.05) is 37.4 Å². The van der Waals surface area contributed by atoms with Crippen LogP contribution in [0.4, 0.5) is 4.39 Å². The van der Waals surface area contributed by atoms with Crippen molar-refractivity contribution in [3.05, 3.63) is 34.6 Å². The smallest absolute Gasteiger partial charge is 0.129 e. The fraction of sp³-hybridized carbons (Fsp3) is 0.538. The van der Waals surface area contributed by atoms with Crippen LogP contribution in [0, 0.1) is 5.82 Å². The van der Waals surface area contributed by atoms with E-state index in [1.54, 1.807) is 19.2 Å². The number of methoxy groups -OCH3 is 1. The lowest BCUT2D eigenvalue weighted by molar-refractivity contribution is 0.165. The van der Waals surface area contributed by atoms with Crippen LogP contribution in [0.3, 0.4) is 0 Å². The van der Waals surface area contributed by atoms with Crippen molar-refractivity contribution in [2.24, 2.45) is 5.73 Å². The van der Waals surface area contributed by atoms with Crippen molar-refractivity contribution in [3.63, 3.8) is 0 Å². The number of hydrogen-bond acceptors (Lipinski definition) is 3. The summed E-state index contributed by atoms with van der Waals surface area (Å²) in [4.78, 5) is 2.00. The van der Waals surface area contributed by atoms with Crippen LogP contribution in [0.15, 0.2) is 18.2 Å². The van der Waals surface area contributed by atoms with Crippen LogP contribution in [-0.2, 0) is 4.74 Å². The Kier molecular flexibility index (Phi) is 6.57. The zero-order valence-electron chi connectivity index (χ0n) is 10.8. The molecular weight excluding hydrogens is 255 g/mol. The molecule has 102 valence electrons. The number of hydrogen-bond donors (Lipinski definition) is 1. The van der Waals surface area contributed by atoms with Crippen molar-refractivity contribution in [1.29, 1.82) is 0 Å². The van der Waals surface area contributed by atoms with Gasteiger partial charge in [0.1, 0.15) is 5.82 Å². The summed E-state index contributed by atoms with van der Waals surface area (Å²) in [5, 5.41) is 0.420. The molecule has 5 heteroatoms. The Morgan fingerprint density at radius 2 is 2.22 bits per heavy atom. The normalized spacial score (nSPS) is 13.0. The van der Waals surface area contributed by atoms with Gasteiger partial charge in [0.15, 0.2) is 0 Å². The first kappa shape index (κ1) is 15.4. The third-order valence-corrected chi connectivity index (χ3v) is 3.28. The molecule has 0 heterocycles. The number of nitrogens with two attached hydrogens (primary N) is 1. The number of nitrogens with zero attached hydrogens (tertiary/aromatic N) is 1. The molecule has 18 heavy (non-hydrogen) atoms. The Morgan fingerprint density at radius 1 is 1.50 bits per heavy atom. The molecule has 1 aromatic carbocycles. The Bertz CT molecular complexity index is 356. The van der Waals surface area contributed by atoms with Gasteiger partial charge in [-0.05, 0) is 25.6 Å². The molecular formula is C13H20ClFN2O. The van der Waals surface area contributed by atoms with E-state index in [1.807, 2.05) is 11.9 Å². The monoisotopic (exact) mass is 274 g/mol. The first-order valence-electron chi connectivity index (χ1n) is 5.95. The highest BCUT2D eigenvalue weighted by Crippen LogP contribution is 2.28. The predicted molar refractivity (Wildman–Crippen MR) is 72.3 cm³/mol. The van der Waals surface area contributed by atoms with Crippen LogP contribution in [0.2, 0.25) is 5.02 Å². The first-order valence-corrected chi connectivity index (χ1v) is 6.32. The maximum absolute atomic E-state index is 13.8. The number of rotatable bonds is 7. The van der Waals surface area contributed by atoms with Crippen molar-refractivity contribution in [2.45, 2.75) is 12.5 Å². The van der Waals surface area contributed by atoms with Crippen LogP contribution in [0.5, 0.6) is 0 Å². The van der Waals surface area contributed by atoms with Crippen molar-refractivity contribution >= 4 is 11.6 Å². The van der Waals surface area contributed by atoms with Gasteiger partial charge >= 0.3 is 0 Å². The van der Waals surface area contributed by atoms with Crippen molar-refractivity contribution < 1.29 is 9.13 Å². The summed E-state index contributed by atoms with van der Waals surface area (Å²) in [6.45, 7) is 1.77. The summed E-state index contributed by atoms with van der Waals surface area (Å²) in [6, 6.07) is 4.48. The second-order valence-electron chi connectivity index (χ2n) is 4.21. The quantitative estimate of drug-likeness (QED) is 0.776. The average molecular weight is 275 g/mol. The molecule has 1 aromatic rings. The Hall–Kier alpha value is -0.680. The van der Waals surface area contributed by atoms with Gasteiger partial charge in [-0.15, -0.1) is 0 Å². The second kappa shape index (κ2) is 7.69. The summed E-state index contributed by atoms with van der Waals surface area (Å²) in [5.41, 5.74) is 6.22. The molecule has 1 unspecified atom stereocenters. The van der Waals surface area contributed by atoms with Gasteiger partial charge in [0.05, 0.1) is 6.04 Å². The van der Waals surface area contributed by atoms with Crippen LogP contribution >= 0.6 is 11.6 Å². The molecule has 0 bridgehead atoms. The number of likely N-dealkylation sites (N-methyl/N-ethyl adjacent to an activating group) is 1. The molecule has 0 amide bonds. The lowest BCUT2D eigenvalue weighted by Gasteiger charge is -2.28. The maximum Gasteiger partial charge on any atom is 0.129 e. The van der Waals surface area contributed by atoms with E-state index in [-0.39, 0.29) is 11.9 Å². The highest BCUT2D eigenvalue weighted by atomic mass is 35.5. The fourth-order valence-electron chi connectivity index (χ4n) is 1.96. The van der Waals surface area contributed by atoms with E-state index < -0.39 is 0 Å². The summed E-state index contributed by atoms with van der Waals surface area (Å²) in [6.07, 6.45) is 0.871. The van der Waals surface area contributed by atoms with Gasteiger partial charge in [-0.25, -0.2) is 4.39 Å². The minimum atomic E-state index is -0.309. The third kappa shape index (κ3) is 3.92. The predicted octanol–water partition coefficient (Wildman–Crippen LogP) is 2.45. The van der Waals surface area contributed by atoms with Gasteiger partial charge in [-0.1, -0.05) is 17.7 Å². The summed E-state index contributed by atoms with van der Waals surface area (Å²) >= 11 is 6.06. The molecule has 0 fully saturated rings. The summed E-state index contributed by atoms with van der Waals surface area (Å²) in [7, 11) is 3.57. The molecule has 1 rings (SSSR count). The van der Waals surface area contributed by atoms with Gasteiger partial charge in [-0.3, -0.25) is 4.90 Å². The van der Waals surface area contributed by atoms with Gasteiger partial charge in [0.25, 0.3) is 0 Å². The molecule has 0 radical (unpaired) electrons. The van der Waals surface area contributed by atoms with E-state index in [9.17, 15) is 4.39 Å². The van der Waals surface area contributed by atoms with Gasteiger partial charge < -0.3 is 10.5 Å². The summed E-state index contributed by atoms with van der Waals surface area (Å²) in [5.74, 6) is -0.309. The molecule has 1 atom stereocenters.